The Labute approximate surface area is 154 Å². The van der Waals surface area contributed by atoms with Gasteiger partial charge in [-0.1, -0.05) is 18.2 Å². The zero-order valence-corrected chi connectivity index (χ0v) is 14.6. The van der Waals surface area contributed by atoms with Crippen molar-refractivity contribution in [2.24, 2.45) is 0 Å². The Kier molecular flexibility index (Phi) is 3.50. The van der Waals surface area contributed by atoms with Crippen LogP contribution in [0.3, 0.4) is 0 Å². The number of nitrogens with one attached hydrogen (secondary N) is 1. The van der Waals surface area contributed by atoms with Gasteiger partial charge in [0.05, 0.1) is 6.26 Å². The van der Waals surface area contributed by atoms with Crippen molar-refractivity contribution in [2.75, 3.05) is 5.32 Å². The molecule has 2 aromatic heterocycles. The van der Waals surface area contributed by atoms with Crippen LogP contribution in [0.1, 0.15) is 41.9 Å². The van der Waals surface area contributed by atoms with Gasteiger partial charge in [0.25, 0.3) is 0 Å². The molecule has 0 saturated heterocycles. The zero-order valence-electron chi connectivity index (χ0n) is 14.6. The maximum absolute atomic E-state index is 14.6. The van der Waals surface area contributed by atoms with Crippen molar-refractivity contribution in [1.82, 2.24) is 14.8 Å². The van der Waals surface area contributed by atoms with Crippen molar-refractivity contribution >= 4 is 11.7 Å². The van der Waals surface area contributed by atoms with E-state index in [9.17, 15) is 9.18 Å². The van der Waals surface area contributed by atoms with E-state index >= 15 is 0 Å². The Balaban J connectivity index is 1.66. The highest BCUT2D eigenvalue weighted by molar-refractivity contribution is 6.00. The summed E-state index contributed by atoms with van der Waals surface area (Å²) in [6.45, 7) is 1.78. The summed E-state index contributed by atoms with van der Waals surface area (Å²) in [4.78, 5) is 17.5. The first-order valence-electron chi connectivity index (χ1n) is 8.86. The van der Waals surface area contributed by atoms with Crippen molar-refractivity contribution in [1.29, 1.82) is 0 Å². The van der Waals surface area contributed by atoms with Gasteiger partial charge >= 0.3 is 0 Å². The molecule has 6 nitrogen and oxygen atoms in total. The highest BCUT2D eigenvalue weighted by atomic mass is 19.1. The molecule has 3 aromatic rings. The summed E-state index contributed by atoms with van der Waals surface area (Å²) >= 11 is 0. The van der Waals surface area contributed by atoms with Crippen LogP contribution in [0.15, 0.2) is 58.3 Å². The van der Waals surface area contributed by atoms with Crippen LogP contribution < -0.4 is 5.32 Å². The molecule has 1 aromatic carbocycles. The van der Waals surface area contributed by atoms with Gasteiger partial charge in [-0.15, -0.1) is 0 Å². The standard InChI is InChI=1S/C20H17FN4O2/c1-11-22-20-23-15-9-12(17-7-4-8-27-17)10-16(26)18(15)19(25(20)24-11)13-5-2-3-6-14(13)21/h2-8,12,19H,9-10H2,1H3,(H,22,23,24). The monoisotopic (exact) mass is 364 g/mol. The molecule has 0 fully saturated rings. The predicted octanol–water partition coefficient (Wildman–Crippen LogP) is 3.73. The lowest BCUT2D eigenvalue weighted by Gasteiger charge is -2.34. The van der Waals surface area contributed by atoms with E-state index in [4.69, 9.17) is 4.42 Å². The fourth-order valence-electron chi connectivity index (χ4n) is 4.03. The third kappa shape index (κ3) is 2.50. The minimum absolute atomic E-state index is 0.0304. The Morgan fingerprint density at radius 2 is 2.07 bits per heavy atom. The number of allylic oxidation sites excluding steroid dienone is 2. The van der Waals surface area contributed by atoms with Crippen LogP contribution in [0.4, 0.5) is 10.3 Å². The number of ketones is 1. The summed E-state index contributed by atoms with van der Waals surface area (Å²) in [5, 5.41) is 7.66. The number of carbonyl (C=O) groups is 1. The lowest BCUT2D eigenvalue weighted by molar-refractivity contribution is -0.117. The number of Topliss-reactive ketones (excluding diaryl/α,β-unsaturated/α-hetero) is 1. The fourth-order valence-corrected chi connectivity index (χ4v) is 4.03. The van der Waals surface area contributed by atoms with Crippen molar-refractivity contribution < 1.29 is 13.6 Å². The first-order valence-corrected chi connectivity index (χ1v) is 8.86. The van der Waals surface area contributed by atoms with Crippen LogP contribution in [0.5, 0.6) is 0 Å². The number of aromatic nitrogens is 3. The van der Waals surface area contributed by atoms with E-state index in [0.29, 0.717) is 35.8 Å². The van der Waals surface area contributed by atoms with Crippen LogP contribution in [0.25, 0.3) is 0 Å². The Hall–Kier alpha value is -3.22. The van der Waals surface area contributed by atoms with E-state index in [1.165, 1.54) is 6.07 Å². The van der Waals surface area contributed by atoms with Gasteiger partial charge in [0.15, 0.2) is 5.78 Å². The van der Waals surface area contributed by atoms with Gasteiger partial charge in [-0.25, -0.2) is 9.07 Å². The number of nitrogens with zero attached hydrogens (tertiary/aromatic N) is 3. The molecule has 1 aliphatic carbocycles. The molecule has 2 atom stereocenters. The molecular weight excluding hydrogens is 347 g/mol. The number of halogens is 1. The number of aryl methyl sites for hydroxylation is 1. The second-order valence-electron chi connectivity index (χ2n) is 6.91. The molecule has 3 heterocycles. The average Bonchev–Trinajstić information content (AvgIpc) is 3.29. The van der Waals surface area contributed by atoms with Gasteiger partial charge in [0.2, 0.25) is 5.95 Å². The second kappa shape index (κ2) is 5.90. The molecule has 7 heteroatoms. The number of furan rings is 1. The van der Waals surface area contributed by atoms with Crippen LogP contribution >= 0.6 is 0 Å². The molecular formula is C20H17FN4O2. The summed E-state index contributed by atoms with van der Waals surface area (Å²) in [7, 11) is 0. The van der Waals surface area contributed by atoms with E-state index < -0.39 is 6.04 Å². The van der Waals surface area contributed by atoms with Gasteiger partial charge in [0.1, 0.15) is 23.4 Å². The van der Waals surface area contributed by atoms with Crippen molar-refractivity contribution in [3.63, 3.8) is 0 Å². The number of rotatable bonds is 2. The van der Waals surface area contributed by atoms with E-state index in [1.54, 1.807) is 36.1 Å². The van der Waals surface area contributed by atoms with Gasteiger partial charge in [-0.3, -0.25) is 4.79 Å². The fraction of sp³-hybridized carbons (Fsp3) is 0.250. The normalized spacial score (nSPS) is 21.6. The summed E-state index contributed by atoms with van der Waals surface area (Å²) in [6, 6.07) is 9.58. The minimum atomic E-state index is -0.622. The van der Waals surface area contributed by atoms with Crippen molar-refractivity contribution in [2.45, 2.75) is 31.7 Å². The number of benzene rings is 1. The van der Waals surface area contributed by atoms with Crippen molar-refractivity contribution in [3.05, 3.63) is 76.9 Å². The van der Waals surface area contributed by atoms with Gasteiger partial charge in [-0.2, -0.15) is 10.1 Å². The molecule has 27 heavy (non-hydrogen) atoms. The maximum Gasteiger partial charge on any atom is 0.226 e. The van der Waals surface area contributed by atoms with Crippen LogP contribution in [0, 0.1) is 12.7 Å². The molecule has 2 aliphatic rings. The lowest BCUT2D eigenvalue weighted by Crippen LogP contribution is -2.34. The van der Waals surface area contributed by atoms with Crippen LogP contribution in [-0.2, 0) is 4.79 Å². The largest absolute Gasteiger partial charge is 0.469 e. The highest BCUT2D eigenvalue weighted by Gasteiger charge is 2.40. The molecule has 0 bridgehead atoms. The second-order valence-corrected chi connectivity index (χ2v) is 6.91. The third-order valence-corrected chi connectivity index (χ3v) is 5.17. The third-order valence-electron chi connectivity index (χ3n) is 5.17. The first kappa shape index (κ1) is 16.0. The van der Waals surface area contributed by atoms with Crippen LogP contribution in [0.2, 0.25) is 0 Å². The van der Waals surface area contributed by atoms with Crippen LogP contribution in [-0.4, -0.2) is 20.5 Å². The average molecular weight is 364 g/mol. The predicted molar refractivity (Wildman–Crippen MR) is 95.6 cm³/mol. The van der Waals surface area contributed by atoms with E-state index in [2.05, 4.69) is 15.4 Å². The van der Waals surface area contributed by atoms with Gasteiger partial charge in [-0.05, 0) is 31.5 Å². The zero-order chi connectivity index (χ0) is 18.5. The number of carbonyl (C=O) groups excluding carboxylic acids is 1. The number of hydrogen-bond donors (Lipinski definition) is 1. The molecule has 1 aliphatic heterocycles. The summed E-state index contributed by atoms with van der Waals surface area (Å²) < 4.78 is 21.7. The SMILES string of the molecule is Cc1nc2n(n1)C(c1ccccc1F)C1=C(CC(c3ccco3)CC1=O)N2. The smallest absolute Gasteiger partial charge is 0.226 e. The minimum Gasteiger partial charge on any atom is -0.469 e. The molecule has 5 rings (SSSR count). The molecule has 2 unspecified atom stereocenters. The van der Waals surface area contributed by atoms with E-state index in [-0.39, 0.29) is 17.5 Å². The number of anilines is 1. The highest BCUT2D eigenvalue weighted by Crippen LogP contribution is 2.44. The Morgan fingerprint density at radius 1 is 1.22 bits per heavy atom. The quantitative estimate of drug-likeness (QED) is 0.750. The van der Waals surface area contributed by atoms with Gasteiger partial charge in [0, 0.05) is 29.2 Å². The summed E-state index contributed by atoms with van der Waals surface area (Å²) in [5.41, 5.74) is 1.74. The maximum atomic E-state index is 14.6. The lowest BCUT2D eigenvalue weighted by atomic mass is 9.79. The summed E-state index contributed by atoms with van der Waals surface area (Å²) in [5.74, 6) is 1.42. The molecule has 0 saturated carbocycles. The molecule has 136 valence electrons. The topological polar surface area (TPSA) is 73.0 Å². The van der Waals surface area contributed by atoms with E-state index in [0.717, 1.165) is 11.5 Å². The summed E-state index contributed by atoms with van der Waals surface area (Å²) in [6.07, 6.45) is 2.54. The van der Waals surface area contributed by atoms with E-state index in [1.807, 2.05) is 12.1 Å². The molecule has 0 spiro atoms. The molecule has 0 radical (unpaired) electrons. The molecule has 0 amide bonds. The number of hydrogen-bond acceptors (Lipinski definition) is 5. The van der Waals surface area contributed by atoms with Gasteiger partial charge < -0.3 is 9.73 Å². The Bertz CT molecular complexity index is 1070. The van der Waals surface area contributed by atoms with Crippen molar-refractivity contribution in [3.8, 4) is 0 Å². The Morgan fingerprint density at radius 3 is 2.85 bits per heavy atom. The number of fused-ring (bicyclic) bond motifs is 1. The first-order chi connectivity index (χ1) is 13.1. The molecule has 1 N–H and O–H groups in total.